The van der Waals surface area contributed by atoms with Gasteiger partial charge in [0.2, 0.25) is 5.91 Å². The van der Waals surface area contributed by atoms with Crippen LogP contribution in [0, 0.1) is 6.92 Å². The largest absolute Gasteiger partial charge is 0.480 e. The summed E-state index contributed by atoms with van der Waals surface area (Å²) in [4.78, 5) is 23.0. The molecule has 1 atom stereocenters. The van der Waals surface area contributed by atoms with Gasteiger partial charge in [0.1, 0.15) is 12.6 Å². The Morgan fingerprint density at radius 2 is 2.05 bits per heavy atom. The van der Waals surface area contributed by atoms with Crippen LogP contribution < -0.4 is 5.32 Å². The zero-order valence-corrected chi connectivity index (χ0v) is 11.7. The number of fused-ring (bicyclic) bond motifs is 1. The number of nitrogens with zero attached hydrogens (tertiary/aromatic N) is 1. The molecule has 0 aliphatic carbocycles. The molecular formula is C15H18N2O4. The number of carbonyl (C=O) groups is 2. The van der Waals surface area contributed by atoms with Gasteiger partial charge in [0, 0.05) is 24.2 Å². The lowest BCUT2D eigenvalue weighted by atomic mass is 10.2. The van der Waals surface area contributed by atoms with Gasteiger partial charge >= 0.3 is 5.97 Å². The second-order valence-corrected chi connectivity index (χ2v) is 4.90. The third kappa shape index (κ3) is 3.41. The maximum absolute atomic E-state index is 12.0. The van der Waals surface area contributed by atoms with E-state index in [1.54, 1.807) is 0 Å². The molecule has 0 bridgehead atoms. The van der Waals surface area contributed by atoms with Crippen molar-refractivity contribution in [2.45, 2.75) is 25.9 Å². The summed E-state index contributed by atoms with van der Waals surface area (Å²) in [6.45, 7) is 1.66. The van der Waals surface area contributed by atoms with E-state index in [0.29, 0.717) is 0 Å². The summed E-state index contributed by atoms with van der Waals surface area (Å²) >= 11 is 0. The van der Waals surface area contributed by atoms with Crippen LogP contribution in [0.4, 0.5) is 0 Å². The van der Waals surface area contributed by atoms with E-state index in [1.807, 2.05) is 41.8 Å². The fourth-order valence-electron chi connectivity index (χ4n) is 2.33. The molecule has 6 nitrogen and oxygen atoms in total. The Hall–Kier alpha value is -2.34. The second-order valence-electron chi connectivity index (χ2n) is 4.90. The van der Waals surface area contributed by atoms with Gasteiger partial charge < -0.3 is 20.1 Å². The second kappa shape index (κ2) is 6.41. The highest BCUT2D eigenvalue weighted by Crippen LogP contribution is 2.18. The normalized spacial score (nSPS) is 12.3. The number of nitrogens with one attached hydrogen (secondary N) is 1. The van der Waals surface area contributed by atoms with Crippen molar-refractivity contribution in [1.29, 1.82) is 0 Å². The summed E-state index contributed by atoms with van der Waals surface area (Å²) < 4.78 is 1.84. The SMILES string of the molecule is Cc1cc2ccccc2n1CC(=O)NC(CCO)C(=O)O. The molecule has 3 N–H and O–H groups in total. The topological polar surface area (TPSA) is 91.6 Å². The number of aliphatic hydroxyl groups is 1. The van der Waals surface area contributed by atoms with Crippen LogP contribution in [-0.4, -0.2) is 39.3 Å². The molecule has 1 heterocycles. The number of hydrogen-bond donors (Lipinski definition) is 3. The van der Waals surface area contributed by atoms with Crippen LogP contribution in [0.1, 0.15) is 12.1 Å². The number of carboxylic acids is 1. The molecule has 1 aromatic carbocycles. The van der Waals surface area contributed by atoms with Crippen LogP contribution >= 0.6 is 0 Å². The van der Waals surface area contributed by atoms with Crippen LogP contribution in [0.15, 0.2) is 30.3 Å². The minimum Gasteiger partial charge on any atom is -0.480 e. The molecule has 1 unspecified atom stereocenters. The number of benzene rings is 1. The van der Waals surface area contributed by atoms with Gasteiger partial charge in [0.05, 0.1) is 0 Å². The molecule has 0 saturated heterocycles. The molecule has 112 valence electrons. The van der Waals surface area contributed by atoms with E-state index in [2.05, 4.69) is 5.32 Å². The summed E-state index contributed by atoms with van der Waals surface area (Å²) in [5, 5.41) is 21.3. The molecule has 0 fully saturated rings. The number of hydrogen-bond acceptors (Lipinski definition) is 3. The van der Waals surface area contributed by atoms with Gasteiger partial charge in [-0.3, -0.25) is 4.79 Å². The van der Waals surface area contributed by atoms with Crippen molar-refractivity contribution in [1.82, 2.24) is 9.88 Å². The monoisotopic (exact) mass is 290 g/mol. The van der Waals surface area contributed by atoms with Crippen molar-refractivity contribution in [2.75, 3.05) is 6.61 Å². The third-order valence-corrected chi connectivity index (χ3v) is 3.37. The predicted octanol–water partition coefficient (Wildman–Crippen LogP) is 0.902. The molecule has 2 rings (SSSR count). The summed E-state index contributed by atoms with van der Waals surface area (Å²) in [6, 6.07) is 8.60. The summed E-state index contributed by atoms with van der Waals surface area (Å²) in [7, 11) is 0. The van der Waals surface area contributed by atoms with Crippen LogP contribution in [-0.2, 0) is 16.1 Å². The fraction of sp³-hybridized carbons (Fsp3) is 0.333. The number of carboxylic acid groups (broad SMARTS) is 1. The predicted molar refractivity (Wildman–Crippen MR) is 77.9 cm³/mol. The van der Waals surface area contributed by atoms with Crippen molar-refractivity contribution in [3.05, 3.63) is 36.0 Å². The number of aliphatic carboxylic acids is 1. The molecule has 0 spiro atoms. The van der Waals surface area contributed by atoms with Gasteiger partial charge in [-0.2, -0.15) is 0 Å². The standard InChI is InChI=1S/C15H18N2O4/c1-10-8-11-4-2-3-5-13(11)17(10)9-14(19)16-12(6-7-18)15(20)21/h2-5,8,12,18H,6-7,9H2,1H3,(H,16,19)(H,20,21). The van der Waals surface area contributed by atoms with E-state index < -0.39 is 12.0 Å². The molecule has 21 heavy (non-hydrogen) atoms. The molecule has 6 heteroatoms. The molecular weight excluding hydrogens is 272 g/mol. The van der Waals surface area contributed by atoms with Gasteiger partial charge in [-0.15, -0.1) is 0 Å². The highest BCUT2D eigenvalue weighted by Gasteiger charge is 2.19. The highest BCUT2D eigenvalue weighted by molar-refractivity contribution is 5.86. The number of aliphatic hydroxyl groups excluding tert-OH is 1. The maximum atomic E-state index is 12.0. The average Bonchev–Trinajstić information content (AvgIpc) is 2.75. The number of carbonyl (C=O) groups excluding carboxylic acids is 1. The van der Waals surface area contributed by atoms with Crippen molar-refractivity contribution in [3.63, 3.8) is 0 Å². The highest BCUT2D eigenvalue weighted by atomic mass is 16.4. The van der Waals surface area contributed by atoms with Crippen molar-refractivity contribution >= 4 is 22.8 Å². The van der Waals surface area contributed by atoms with Crippen molar-refractivity contribution in [2.24, 2.45) is 0 Å². The Morgan fingerprint density at radius 3 is 2.71 bits per heavy atom. The van der Waals surface area contributed by atoms with E-state index >= 15 is 0 Å². The van der Waals surface area contributed by atoms with Crippen LogP contribution in [0.2, 0.25) is 0 Å². The Kier molecular flexibility index (Phi) is 4.59. The number of para-hydroxylation sites is 1. The van der Waals surface area contributed by atoms with E-state index in [1.165, 1.54) is 0 Å². The first-order valence-electron chi connectivity index (χ1n) is 6.71. The quantitative estimate of drug-likeness (QED) is 0.737. The van der Waals surface area contributed by atoms with E-state index in [-0.39, 0.29) is 25.5 Å². The van der Waals surface area contributed by atoms with Gasteiger partial charge in [0.15, 0.2) is 0 Å². The number of aryl methyl sites for hydroxylation is 1. The molecule has 1 amide bonds. The van der Waals surface area contributed by atoms with Gasteiger partial charge in [-0.1, -0.05) is 18.2 Å². The Morgan fingerprint density at radius 1 is 1.33 bits per heavy atom. The minimum atomic E-state index is -1.15. The first-order chi connectivity index (χ1) is 10.0. The Labute approximate surface area is 122 Å². The molecule has 0 saturated carbocycles. The molecule has 0 aliphatic heterocycles. The minimum absolute atomic E-state index is 0.00746. The van der Waals surface area contributed by atoms with E-state index in [9.17, 15) is 9.59 Å². The Bertz CT molecular complexity index is 663. The van der Waals surface area contributed by atoms with Crippen molar-refractivity contribution < 1.29 is 19.8 Å². The van der Waals surface area contributed by atoms with Crippen LogP contribution in [0.5, 0.6) is 0 Å². The van der Waals surface area contributed by atoms with Crippen LogP contribution in [0.25, 0.3) is 10.9 Å². The summed E-state index contributed by atoms with van der Waals surface area (Å²) in [5.41, 5.74) is 1.86. The summed E-state index contributed by atoms with van der Waals surface area (Å²) in [6.07, 6.45) is -0.00746. The number of rotatable bonds is 6. The lowest BCUT2D eigenvalue weighted by molar-refractivity contribution is -0.142. The van der Waals surface area contributed by atoms with Gasteiger partial charge in [-0.05, 0) is 24.4 Å². The lowest BCUT2D eigenvalue weighted by Gasteiger charge is -2.14. The van der Waals surface area contributed by atoms with Crippen molar-refractivity contribution in [3.8, 4) is 0 Å². The first-order valence-corrected chi connectivity index (χ1v) is 6.71. The first kappa shape index (κ1) is 15.1. The fourth-order valence-corrected chi connectivity index (χ4v) is 2.33. The summed E-state index contributed by atoms with van der Waals surface area (Å²) in [5.74, 6) is -1.54. The number of amides is 1. The van der Waals surface area contributed by atoms with E-state index in [4.69, 9.17) is 10.2 Å². The Balaban J connectivity index is 2.14. The molecule has 1 aromatic heterocycles. The molecule has 0 aliphatic rings. The maximum Gasteiger partial charge on any atom is 0.326 e. The molecule has 0 radical (unpaired) electrons. The third-order valence-electron chi connectivity index (χ3n) is 3.37. The lowest BCUT2D eigenvalue weighted by Crippen LogP contribution is -2.42. The van der Waals surface area contributed by atoms with Crippen LogP contribution in [0.3, 0.4) is 0 Å². The zero-order chi connectivity index (χ0) is 15.4. The van der Waals surface area contributed by atoms with Gasteiger partial charge in [0.25, 0.3) is 0 Å². The number of aromatic nitrogens is 1. The van der Waals surface area contributed by atoms with Gasteiger partial charge in [-0.25, -0.2) is 4.79 Å². The van der Waals surface area contributed by atoms with E-state index in [0.717, 1.165) is 16.6 Å². The molecule has 2 aromatic rings. The average molecular weight is 290 g/mol. The zero-order valence-electron chi connectivity index (χ0n) is 11.7. The smallest absolute Gasteiger partial charge is 0.326 e.